The quantitative estimate of drug-likeness (QED) is 0.190. The number of carbonyl (C=O) groups is 1. The van der Waals surface area contributed by atoms with Gasteiger partial charge in [-0.25, -0.2) is 4.98 Å². The van der Waals surface area contributed by atoms with E-state index in [1.54, 1.807) is 25.6 Å². The normalized spacial score (nSPS) is 10.7. The number of hydrazone groups is 1. The fourth-order valence-electron chi connectivity index (χ4n) is 2.67. The molecule has 0 spiro atoms. The number of nitrogens with zero attached hydrogens (tertiary/aromatic N) is 2. The van der Waals surface area contributed by atoms with Crippen LogP contribution >= 0.6 is 11.3 Å². The minimum Gasteiger partial charge on any atom is -0.493 e. The molecule has 0 aliphatic heterocycles. The molecule has 8 nitrogen and oxygen atoms in total. The molecule has 0 atom stereocenters. The van der Waals surface area contributed by atoms with E-state index < -0.39 is 0 Å². The highest BCUT2D eigenvalue weighted by molar-refractivity contribution is 7.13. The van der Waals surface area contributed by atoms with Crippen LogP contribution in [-0.4, -0.2) is 44.1 Å². The van der Waals surface area contributed by atoms with Crippen molar-refractivity contribution in [3.8, 4) is 17.2 Å². The average molecular weight is 456 g/mol. The molecule has 1 aromatic heterocycles. The van der Waals surface area contributed by atoms with Crippen LogP contribution < -0.4 is 19.6 Å². The fourth-order valence-corrected chi connectivity index (χ4v) is 3.33. The Kier molecular flexibility index (Phi) is 8.88. The van der Waals surface area contributed by atoms with Gasteiger partial charge < -0.3 is 18.9 Å². The van der Waals surface area contributed by atoms with E-state index in [9.17, 15) is 4.79 Å². The van der Waals surface area contributed by atoms with Gasteiger partial charge in [0, 0.05) is 5.38 Å². The number of thiazole rings is 1. The molecule has 0 radical (unpaired) electrons. The summed E-state index contributed by atoms with van der Waals surface area (Å²) < 4.78 is 21.8. The number of carbonyl (C=O) groups excluding carboxylic acids is 1. The van der Waals surface area contributed by atoms with Gasteiger partial charge in [0.2, 0.25) is 5.13 Å². The predicted molar refractivity (Wildman–Crippen MR) is 124 cm³/mol. The second kappa shape index (κ2) is 12.3. The smallest absolute Gasteiger partial charge is 0.311 e. The Morgan fingerprint density at radius 2 is 1.94 bits per heavy atom. The van der Waals surface area contributed by atoms with Crippen LogP contribution in [0.5, 0.6) is 17.2 Å². The summed E-state index contributed by atoms with van der Waals surface area (Å²) in [6.45, 7) is 2.94. The lowest BCUT2D eigenvalue weighted by molar-refractivity contribution is -0.142. The van der Waals surface area contributed by atoms with Crippen LogP contribution in [0.4, 0.5) is 5.13 Å². The van der Waals surface area contributed by atoms with Crippen LogP contribution in [0.25, 0.3) is 0 Å². The molecule has 2 aromatic carbocycles. The SMILES string of the molecule is CCOC(=O)Cc1csc(NN=Cc2ccc(OCCOc3ccccc3)c(OC)c2)n1. The lowest BCUT2D eigenvalue weighted by atomic mass is 10.2. The number of ether oxygens (including phenoxy) is 4. The number of hydrogen-bond donors (Lipinski definition) is 1. The van der Waals surface area contributed by atoms with Gasteiger partial charge in [-0.2, -0.15) is 5.10 Å². The zero-order valence-corrected chi connectivity index (χ0v) is 18.8. The van der Waals surface area contributed by atoms with E-state index in [0.29, 0.717) is 42.1 Å². The monoisotopic (exact) mass is 455 g/mol. The zero-order chi connectivity index (χ0) is 22.6. The number of nitrogens with one attached hydrogen (secondary N) is 1. The molecule has 0 amide bonds. The van der Waals surface area contributed by atoms with E-state index in [2.05, 4.69) is 15.5 Å². The fraction of sp³-hybridized carbons (Fsp3) is 0.261. The highest BCUT2D eigenvalue weighted by Crippen LogP contribution is 2.27. The van der Waals surface area contributed by atoms with Gasteiger partial charge >= 0.3 is 5.97 Å². The summed E-state index contributed by atoms with van der Waals surface area (Å²) in [4.78, 5) is 15.8. The number of rotatable bonds is 12. The van der Waals surface area contributed by atoms with Crippen LogP contribution in [0.15, 0.2) is 59.0 Å². The minimum atomic E-state index is -0.297. The number of aromatic nitrogens is 1. The third-order valence-electron chi connectivity index (χ3n) is 4.10. The summed E-state index contributed by atoms with van der Waals surface area (Å²) in [5.74, 6) is 1.72. The summed E-state index contributed by atoms with van der Waals surface area (Å²) in [5, 5.41) is 6.58. The molecular weight excluding hydrogens is 430 g/mol. The van der Waals surface area contributed by atoms with Gasteiger partial charge in [0.1, 0.15) is 19.0 Å². The van der Waals surface area contributed by atoms with Crippen LogP contribution in [0.1, 0.15) is 18.2 Å². The average Bonchev–Trinajstić information content (AvgIpc) is 3.25. The molecule has 9 heteroatoms. The number of anilines is 1. The number of methoxy groups -OCH3 is 1. The van der Waals surface area contributed by atoms with Gasteiger partial charge in [0.05, 0.1) is 32.0 Å². The number of para-hydroxylation sites is 1. The molecule has 0 aliphatic carbocycles. The van der Waals surface area contributed by atoms with E-state index >= 15 is 0 Å². The van der Waals surface area contributed by atoms with E-state index in [1.165, 1.54) is 11.3 Å². The van der Waals surface area contributed by atoms with E-state index in [-0.39, 0.29) is 12.4 Å². The standard InChI is InChI=1S/C23H25N3O5S/c1-3-29-22(27)14-18-16-32-23(25-18)26-24-15-17-9-10-20(21(13-17)28-2)31-12-11-30-19-7-5-4-6-8-19/h4-10,13,15-16H,3,11-12,14H2,1-2H3,(H,25,26). The molecule has 0 bridgehead atoms. The lowest BCUT2D eigenvalue weighted by Gasteiger charge is -2.12. The maximum Gasteiger partial charge on any atom is 0.311 e. The first-order valence-corrected chi connectivity index (χ1v) is 10.9. The van der Waals surface area contributed by atoms with Crippen molar-refractivity contribution < 1.29 is 23.7 Å². The van der Waals surface area contributed by atoms with Crippen molar-refractivity contribution in [1.29, 1.82) is 0 Å². The van der Waals surface area contributed by atoms with Gasteiger partial charge in [0.25, 0.3) is 0 Å². The van der Waals surface area contributed by atoms with Crippen molar-refractivity contribution >= 4 is 28.7 Å². The van der Waals surface area contributed by atoms with Crippen molar-refractivity contribution in [3.63, 3.8) is 0 Å². The Morgan fingerprint density at radius 1 is 1.12 bits per heavy atom. The molecule has 0 aliphatic rings. The second-order valence-corrected chi connectivity index (χ2v) is 7.27. The molecule has 3 aromatic rings. The highest BCUT2D eigenvalue weighted by Gasteiger charge is 2.08. The Balaban J connectivity index is 1.49. The first kappa shape index (κ1) is 23.1. The molecule has 1 heterocycles. The summed E-state index contributed by atoms with van der Waals surface area (Å²) >= 11 is 1.36. The van der Waals surface area contributed by atoms with Crippen LogP contribution in [-0.2, 0) is 16.0 Å². The second-order valence-electron chi connectivity index (χ2n) is 6.42. The summed E-state index contributed by atoms with van der Waals surface area (Å²) in [5.41, 5.74) is 4.33. The van der Waals surface area contributed by atoms with E-state index in [1.807, 2.05) is 48.5 Å². The van der Waals surface area contributed by atoms with Gasteiger partial charge in [-0.15, -0.1) is 11.3 Å². The van der Waals surface area contributed by atoms with Crippen LogP contribution in [0.2, 0.25) is 0 Å². The van der Waals surface area contributed by atoms with Gasteiger partial charge in [-0.1, -0.05) is 18.2 Å². The topological polar surface area (TPSA) is 91.3 Å². The molecule has 0 saturated heterocycles. The predicted octanol–water partition coefficient (Wildman–Crippen LogP) is 4.16. The molecule has 0 fully saturated rings. The molecule has 1 N–H and O–H groups in total. The number of esters is 1. The summed E-state index contributed by atoms with van der Waals surface area (Å²) in [6, 6.07) is 15.1. The maximum absolute atomic E-state index is 11.5. The Bertz CT molecular complexity index is 1020. The van der Waals surface area contributed by atoms with Crippen molar-refractivity contribution in [2.75, 3.05) is 32.4 Å². The summed E-state index contributed by atoms with van der Waals surface area (Å²) in [6.07, 6.45) is 1.79. The number of benzene rings is 2. The van der Waals surface area contributed by atoms with E-state index in [4.69, 9.17) is 18.9 Å². The van der Waals surface area contributed by atoms with Crippen LogP contribution in [0.3, 0.4) is 0 Å². The van der Waals surface area contributed by atoms with E-state index in [0.717, 1.165) is 11.3 Å². The van der Waals surface area contributed by atoms with Gasteiger partial charge in [-0.05, 0) is 42.8 Å². The zero-order valence-electron chi connectivity index (χ0n) is 17.9. The Morgan fingerprint density at radius 3 is 2.72 bits per heavy atom. The van der Waals surface area contributed by atoms with Crippen molar-refractivity contribution in [1.82, 2.24) is 4.98 Å². The first-order valence-electron chi connectivity index (χ1n) is 10.1. The number of hydrogen-bond acceptors (Lipinski definition) is 9. The molecule has 32 heavy (non-hydrogen) atoms. The third kappa shape index (κ3) is 7.28. The molecule has 168 valence electrons. The van der Waals surface area contributed by atoms with Crippen molar-refractivity contribution in [2.24, 2.45) is 5.10 Å². The van der Waals surface area contributed by atoms with Crippen molar-refractivity contribution in [3.05, 3.63) is 65.2 Å². The van der Waals surface area contributed by atoms with Gasteiger partial charge in [0.15, 0.2) is 11.5 Å². The van der Waals surface area contributed by atoms with Crippen LogP contribution in [0, 0.1) is 0 Å². The molecule has 3 rings (SSSR count). The molecule has 0 saturated carbocycles. The Hall–Kier alpha value is -3.59. The first-order chi connectivity index (χ1) is 15.7. The summed E-state index contributed by atoms with van der Waals surface area (Å²) in [7, 11) is 1.59. The van der Waals surface area contributed by atoms with Crippen molar-refractivity contribution in [2.45, 2.75) is 13.3 Å². The third-order valence-corrected chi connectivity index (χ3v) is 4.89. The lowest BCUT2D eigenvalue weighted by Crippen LogP contribution is -2.09. The van der Waals surface area contributed by atoms with Gasteiger partial charge in [-0.3, -0.25) is 10.2 Å². The molecular formula is C23H25N3O5S. The minimum absolute atomic E-state index is 0.144. The Labute approximate surface area is 190 Å². The highest BCUT2D eigenvalue weighted by atomic mass is 32.1. The largest absolute Gasteiger partial charge is 0.493 e. The maximum atomic E-state index is 11.5. The molecule has 0 unspecified atom stereocenters.